The van der Waals surface area contributed by atoms with Gasteiger partial charge in [0.25, 0.3) is 0 Å². The third-order valence-electron chi connectivity index (χ3n) is 6.30. The molecule has 11 heteroatoms. The second-order valence-corrected chi connectivity index (χ2v) is 14.2. The van der Waals surface area contributed by atoms with Crippen LogP contribution in [0.1, 0.15) is 116 Å². The number of carboxylic acid groups (broad SMARTS) is 1. The normalized spacial score (nSPS) is 13.9. The van der Waals surface area contributed by atoms with E-state index in [1.165, 1.54) is 83.5 Å². The number of carboxylic acids is 1. The molecule has 0 aromatic rings. The molecule has 9 nitrogen and oxygen atoms in total. The van der Waals surface area contributed by atoms with E-state index in [4.69, 9.17) is 14.6 Å². The first-order valence-electron chi connectivity index (χ1n) is 15.4. The standard InChI is InChI=1S/C24H48O5.C5H14NO3PS/c1-2-3-4-5-6-7-8-9-10-11-12-13-14-16-19-28-22-23(21-25)29-20-17-15-18-24(26)27;1-6(2,3)4-5-9-10(7,8)11/h23,25H,2-22H2,1H3,(H,26,27);4-5H2,1-3H3,(H-,7,8,11)/t23-;/m0./s1. The second-order valence-electron chi connectivity index (χ2n) is 11.5. The highest BCUT2D eigenvalue weighted by molar-refractivity contribution is 8.43. The largest absolute Gasteiger partial charge is 0.770 e. The number of likely N-dealkylation sites (N-methyl/N-ethyl adjacent to an activating group) is 1. The number of thiol groups is 1. The van der Waals surface area contributed by atoms with Gasteiger partial charge in [-0.3, -0.25) is 9.36 Å². The van der Waals surface area contributed by atoms with Crippen LogP contribution in [0.25, 0.3) is 0 Å². The Hall–Kier alpha value is -0.190. The molecular weight excluding hydrogens is 553 g/mol. The molecule has 0 saturated carbocycles. The molecule has 0 amide bonds. The van der Waals surface area contributed by atoms with E-state index in [0.717, 1.165) is 13.0 Å². The summed E-state index contributed by atoms with van der Waals surface area (Å²) in [5.74, 6) is -0.778. The van der Waals surface area contributed by atoms with Gasteiger partial charge < -0.3 is 33.6 Å². The molecule has 0 rings (SSSR count). The van der Waals surface area contributed by atoms with Crippen LogP contribution in [0.15, 0.2) is 0 Å². The molecule has 0 spiro atoms. The number of hydrogen-bond donors (Lipinski definition) is 3. The van der Waals surface area contributed by atoms with Crippen molar-refractivity contribution < 1.29 is 42.9 Å². The Morgan fingerprint density at radius 2 is 1.30 bits per heavy atom. The van der Waals surface area contributed by atoms with Gasteiger partial charge in [0.1, 0.15) is 19.3 Å². The quantitative estimate of drug-likeness (QED) is 0.0410. The molecule has 0 aromatic heterocycles. The van der Waals surface area contributed by atoms with Gasteiger partial charge in [-0.25, -0.2) is 0 Å². The summed E-state index contributed by atoms with van der Waals surface area (Å²) in [6, 6.07) is 0. The molecule has 242 valence electrons. The summed E-state index contributed by atoms with van der Waals surface area (Å²) in [5, 5.41) is 17.9. The van der Waals surface area contributed by atoms with Crippen LogP contribution in [-0.2, 0) is 23.4 Å². The first kappa shape index (κ1) is 41.9. The molecule has 0 radical (unpaired) electrons. The average Bonchev–Trinajstić information content (AvgIpc) is 2.85. The van der Waals surface area contributed by atoms with Crippen molar-refractivity contribution in [2.45, 2.75) is 122 Å². The second kappa shape index (κ2) is 28.9. The lowest BCUT2D eigenvalue weighted by Crippen LogP contribution is -2.37. The van der Waals surface area contributed by atoms with Crippen molar-refractivity contribution in [2.24, 2.45) is 0 Å². The van der Waals surface area contributed by atoms with Gasteiger partial charge in [0.05, 0.1) is 34.4 Å². The molecule has 1 unspecified atom stereocenters. The molecule has 0 aliphatic heterocycles. The van der Waals surface area contributed by atoms with Gasteiger partial charge in [0.2, 0.25) is 0 Å². The first-order valence-corrected chi connectivity index (χ1v) is 18.1. The van der Waals surface area contributed by atoms with Crippen molar-refractivity contribution in [3.05, 3.63) is 0 Å². The Morgan fingerprint density at radius 3 is 1.73 bits per heavy atom. The van der Waals surface area contributed by atoms with Gasteiger partial charge in [0.15, 0.2) is 6.80 Å². The maximum atomic E-state index is 10.4. The van der Waals surface area contributed by atoms with Gasteiger partial charge in [0, 0.05) is 19.6 Å². The molecule has 0 aliphatic rings. The zero-order chi connectivity index (χ0) is 30.5. The summed E-state index contributed by atoms with van der Waals surface area (Å²) in [5.41, 5.74) is 0. The molecule has 0 aromatic carbocycles. The van der Waals surface area contributed by atoms with Crippen molar-refractivity contribution in [3.8, 4) is 0 Å². The molecule has 2 atom stereocenters. The minimum absolute atomic E-state index is 0.0579. The lowest BCUT2D eigenvalue weighted by molar-refractivity contribution is -0.870. The van der Waals surface area contributed by atoms with Crippen molar-refractivity contribution in [2.75, 3.05) is 60.7 Å². The van der Waals surface area contributed by atoms with Crippen LogP contribution in [-0.4, -0.2) is 87.5 Å². The fraction of sp³-hybridized carbons (Fsp3) is 0.966. The molecule has 40 heavy (non-hydrogen) atoms. The average molecular weight is 616 g/mol. The number of aliphatic hydroxyl groups excluding tert-OH is 1. The molecule has 0 saturated heterocycles. The lowest BCUT2D eigenvalue weighted by atomic mass is 10.0. The Morgan fingerprint density at radius 1 is 0.825 bits per heavy atom. The van der Waals surface area contributed by atoms with E-state index in [2.05, 4.69) is 23.7 Å². The zero-order valence-corrected chi connectivity index (χ0v) is 27.8. The SMILES string of the molecule is CCCCCCCCCCCCCCCCOC[C@H](CO)OCCCCC(=O)O.C[N+](C)(C)CCOP(=O)([O-])S. The summed E-state index contributed by atoms with van der Waals surface area (Å²) >= 11 is 3.26. The zero-order valence-electron chi connectivity index (χ0n) is 26.0. The topological polar surface area (TPSA) is 125 Å². The Kier molecular flexibility index (Phi) is 30.3. The number of aliphatic carboxylic acids is 1. The highest BCUT2D eigenvalue weighted by atomic mass is 32.7. The minimum Gasteiger partial charge on any atom is -0.770 e. The predicted molar refractivity (Wildman–Crippen MR) is 165 cm³/mol. The number of carbonyl (C=O) groups is 1. The fourth-order valence-corrected chi connectivity index (χ4v) is 4.38. The van der Waals surface area contributed by atoms with Crippen molar-refractivity contribution in [1.82, 2.24) is 0 Å². The third kappa shape index (κ3) is 40.0. The van der Waals surface area contributed by atoms with Crippen LogP contribution >= 0.6 is 19.0 Å². The van der Waals surface area contributed by atoms with Gasteiger partial charge in [-0.1, -0.05) is 90.4 Å². The Bertz CT molecular complexity index is 601. The Labute approximate surface area is 250 Å². The number of quaternary nitrogens is 1. The molecule has 0 aliphatic carbocycles. The summed E-state index contributed by atoms with van der Waals surface area (Å²) < 4.78 is 26.6. The first-order chi connectivity index (χ1) is 18.9. The van der Waals surface area contributed by atoms with Crippen molar-refractivity contribution >= 4 is 25.0 Å². The summed E-state index contributed by atoms with van der Waals surface area (Å²) in [6.45, 7) is 0.831. The van der Waals surface area contributed by atoms with Gasteiger partial charge in [-0.2, -0.15) is 0 Å². The number of nitrogens with zero attached hydrogens (tertiary/aromatic N) is 1. The van der Waals surface area contributed by atoms with Crippen LogP contribution < -0.4 is 4.89 Å². The number of aliphatic hydroxyl groups is 1. The molecular formula is C29H62NO8PS. The molecule has 0 fully saturated rings. The van der Waals surface area contributed by atoms with Crippen LogP contribution in [0.2, 0.25) is 0 Å². The van der Waals surface area contributed by atoms with Crippen LogP contribution in [0.5, 0.6) is 0 Å². The predicted octanol–water partition coefficient (Wildman–Crippen LogP) is 6.22. The van der Waals surface area contributed by atoms with Gasteiger partial charge >= 0.3 is 5.97 Å². The lowest BCUT2D eigenvalue weighted by Gasteiger charge is -2.25. The molecule has 0 bridgehead atoms. The summed E-state index contributed by atoms with van der Waals surface area (Å²) in [7, 11) is 5.87. The monoisotopic (exact) mass is 615 g/mol. The van der Waals surface area contributed by atoms with E-state index < -0.39 is 12.8 Å². The van der Waals surface area contributed by atoms with Gasteiger partial charge in [-0.05, 0) is 19.3 Å². The van der Waals surface area contributed by atoms with Gasteiger partial charge in [-0.15, -0.1) is 12.2 Å². The number of ether oxygens (including phenoxy) is 2. The summed E-state index contributed by atoms with van der Waals surface area (Å²) in [6.07, 6.45) is 20.0. The minimum atomic E-state index is -3.82. The van der Waals surface area contributed by atoms with E-state index in [1.807, 2.05) is 21.1 Å². The highest BCUT2D eigenvalue weighted by Crippen LogP contribution is 2.41. The number of hydrogen-bond acceptors (Lipinski definition) is 7. The number of rotatable bonds is 28. The van der Waals surface area contributed by atoms with Crippen LogP contribution in [0, 0.1) is 0 Å². The van der Waals surface area contributed by atoms with E-state index in [0.29, 0.717) is 37.1 Å². The number of unbranched alkanes of at least 4 members (excludes halogenated alkanes) is 14. The van der Waals surface area contributed by atoms with Crippen LogP contribution in [0.3, 0.4) is 0 Å². The van der Waals surface area contributed by atoms with E-state index >= 15 is 0 Å². The van der Waals surface area contributed by atoms with Crippen molar-refractivity contribution in [1.29, 1.82) is 0 Å². The van der Waals surface area contributed by atoms with E-state index in [-0.39, 0.29) is 25.7 Å². The van der Waals surface area contributed by atoms with E-state index in [1.54, 1.807) is 0 Å². The smallest absolute Gasteiger partial charge is 0.303 e. The fourth-order valence-electron chi connectivity index (χ4n) is 3.83. The third-order valence-corrected chi connectivity index (χ3v) is 7.16. The highest BCUT2D eigenvalue weighted by Gasteiger charge is 2.09. The summed E-state index contributed by atoms with van der Waals surface area (Å²) in [4.78, 5) is 20.8. The maximum Gasteiger partial charge on any atom is 0.303 e. The molecule has 0 heterocycles. The van der Waals surface area contributed by atoms with Crippen LogP contribution in [0.4, 0.5) is 0 Å². The Balaban J connectivity index is 0. The maximum absolute atomic E-state index is 10.4. The van der Waals surface area contributed by atoms with E-state index in [9.17, 15) is 19.4 Å². The molecule has 2 N–H and O–H groups in total. The van der Waals surface area contributed by atoms with Crippen molar-refractivity contribution in [3.63, 3.8) is 0 Å².